The number of hydrogen-bond acceptors (Lipinski definition) is 3. The first kappa shape index (κ1) is 14.0. The minimum absolute atomic E-state index is 0.0219. The van der Waals surface area contributed by atoms with Crippen molar-refractivity contribution in [2.45, 2.75) is 32.8 Å². The van der Waals surface area contributed by atoms with Gasteiger partial charge in [-0.3, -0.25) is 9.59 Å². The van der Waals surface area contributed by atoms with Gasteiger partial charge in [0.2, 0.25) is 11.8 Å². The minimum atomic E-state index is -0.489. The summed E-state index contributed by atoms with van der Waals surface area (Å²) in [6, 6.07) is 7.16. The van der Waals surface area contributed by atoms with Crippen LogP contribution in [0.2, 0.25) is 0 Å². The predicted octanol–water partition coefficient (Wildman–Crippen LogP) is 1.68. The van der Waals surface area contributed by atoms with Crippen molar-refractivity contribution in [2.24, 2.45) is 5.73 Å². The standard InChI is InChI=1S/C13H18N2O3/c1-9(2)18-11-6-4-3-5-10(11)15-13(17)8-7-12(14)16/h3-6,9H,7-8H2,1-2H3,(H2,14,16)(H,15,17). The fraction of sp³-hybridized carbons (Fsp3) is 0.385. The van der Waals surface area contributed by atoms with Gasteiger partial charge in [-0.25, -0.2) is 0 Å². The lowest BCUT2D eigenvalue weighted by Crippen LogP contribution is -2.18. The molecule has 0 unspecified atom stereocenters. The Labute approximate surface area is 106 Å². The number of nitrogens with one attached hydrogen (secondary N) is 1. The van der Waals surface area contributed by atoms with Crippen LogP contribution < -0.4 is 15.8 Å². The zero-order valence-electron chi connectivity index (χ0n) is 10.6. The third-order valence-corrected chi connectivity index (χ3v) is 2.12. The van der Waals surface area contributed by atoms with E-state index in [-0.39, 0.29) is 24.9 Å². The molecule has 3 N–H and O–H groups in total. The van der Waals surface area contributed by atoms with Gasteiger partial charge in [0.05, 0.1) is 11.8 Å². The Kier molecular flexibility index (Phi) is 5.17. The molecule has 0 aromatic heterocycles. The Morgan fingerprint density at radius 3 is 2.56 bits per heavy atom. The predicted molar refractivity (Wildman–Crippen MR) is 69.3 cm³/mol. The van der Waals surface area contributed by atoms with Gasteiger partial charge < -0.3 is 15.8 Å². The molecule has 18 heavy (non-hydrogen) atoms. The summed E-state index contributed by atoms with van der Waals surface area (Å²) < 4.78 is 5.57. The molecule has 1 rings (SSSR count). The summed E-state index contributed by atoms with van der Waals surface area (Å²) >= 11 is 0. The number of hydrogen-bond donors (Lipinski definition) is 2. The summed E-state index contributed by atoms with van der Waals surface area (Å²) in [6.07, 6.45) is 0.137. The van der Waals surface area contributed by atoms with Gasteiger partial charge >= 0.3 is 0 Å². The number of rotatable bonds is 6. The van der Waals surface area contributed by atoms with Crippen LogP contribution in [-0.2, 0) is 9.59 Å². The van der Waals surface area contributed by atoms with E-state index >= 15 is 0 Å². The number of para-hydroxylation sites is 2. The largest absolute Gasteiger partial charge is 0.489 e. The molecule has 0 radical (unpaired) electrons. The average Bonchev–Trinajstić information content (AvgIpc) is 2.28. The summed E-state index contributed by atoms with van der Waals surface area (Å²) in [5, 5.41) is 2.70. The Morgan fingerprint density at radius 1 is 1.28 bits per heavy atom. The lowest BCUT2D eigenvalue weighted by atomic mass is 10.2. The average molecular weight is 250 g/mol. The second kappa shape index (κ2) is 6.64. The second-order valence-corrected chi connectivity index (χ2v) is 4.18. The molecule has 0 saturated carbocycles. The molecule has 98 valence electrons. The van der Waals surface area contributed by atoms with E-state index in [9.17, 15) is 9.59 Å². The number of carbonyl (C=O) groups excluding carboxylic acids is 2. The van der Waals surface area contributed by atoms with Gasteiger partial charge in [-0.05, 0) is 26.0 Å². The van der Waals surface area contributed by atoms with Crippen molar-refractivity contribution in [1.29, 1.82) is 0 Å². The maximum absolute atomic E-state index is 11.6. The number of amides is 2. The Morgan fingerprint density at radius 2 is 1.94 bits per heavy atom. The Balaban J connectivity index is 2.65. The van der Waals surface area contributed by atoms with E-state index in [4.69, 9.17) is 10.5 Å². The van der Waals surface area contributed by atoms with E-state index < -0.39 is 5.91 Å². The van der Waals surface area contributed by atoms with Gasteiger partial charge in [0, 0.05) is 12.8 Å². The fourth-order valence-corrected chi connectivity index (χ4v) is 1.38. The van der Waals surface area contributed by atoms with Crippen LogP contribution in [0.4, 0.5) is 5.69 Å². The van der Waals surface area contributed by atoms with Gasteiger partial charge in [-0.15, -0.1) is 0 Å². The first-order valence-electron chi connectivity index (χ1n) is 5.83. The zero-order chi connectivity index (χ0) is 13.5. The van der Waals surface area contributed by atoms with Crippen molar-refractivity contribution in [3.63, 3.8) is 0 Å². The van der Waals surface area contributed by atoms with Crippen LogP contribution >= 0.6 is 0 Å². The van der Waals surface area contributed by atoms with Crippen LogP contribution in [0.25, 0.3) is 0 Å². The van der Waals surface area contributed by atoms with Crippen molar-refractivity contribution < 1.29 is 14.3 Å². The molecule has 0 aliphatic heterocycles. The van der Waals surface area contributed by atoms with Gasteiger partial charge in [-0.2, -0.15) is 0 Å². The molecule has 1 aromatic rings. The molecule has 0 saturated heterocycles. The van der Waals surface area contributed by atoms with Gasteiger partial charge in [0.15, 0.2) is 0 Å². The molecule has 2 amide bonds. The van der Waals surface area contributed by atoms with Crippen molar-refractivity contribution in [1.82, 2.24) is 0 Å². The molecule has 0 aliphatic carbocycles. The molecule has 0 bridgehead atoms. The zero-order valence-corrected chi connectivity index (χ0v) is 10.6. The van der Waals surface area contributed by atoms with Gasteiger partial charge in [-0.1, -0.05) is 12.1 Å². The lowest BCUT2D eigenvalue weighted by molar-refractivity contribution is -0.122. The third kappa shape index (κ3) is 4.86. The number of ether oxygens (including phenoxy) is 1. The number of benzene rings is 1. The van der Waals surface area contributed by atoms with Crippen LogP contribution in [0.1, 0.15) is 26.7 Å². The molecule has 0 aliphatic rings. The summed E-state index contributed by atoms with van der Waals surface area (Å²) in [4.78, 5) is 22.2. The Hall–Kier alpha value is -2.04. The normalized spacial score (nSPS) is 10.2. The van der Waals surface area contributed by atoms with E-state index in [1.807, 2.05) is 19.9 Å². The van der Waals surface area contributed by atoms with Gasteiger partial charge in [0.25, 0.3) is 0 Å². The highest BCUT2D eigenvalue weighted by Gasteiger charge is 2.09. The highest BCUT2D eigenvalue weighted by atomic mass is 16.5. The van der Waals surface area contributed by atoms with Crippen LogP contribution in [0.5, 0.6) is 5.75 Å². The highest BCUT2D eigenvalue weighted by Crippen LogP contribution is 2.24. The fourth-order valence-electron chi connectivity index (χ4n) is 1.38. The molecular weight excluding hydrogens is 232 g/mol. The van der Waals surface area contributed by atoms with E-state index in [0.717, 1.165) is 0 Å². The first-order chi connectivity index (χ1) is 8.49. The van der Waals surface area contributed by atoms with Crippen LogP contribution in [0.15, 0.2) is 24.3 Å². The second-order valence-electron chi connectivity index (χ2n) is 4.18. The molecule has 0 spiro atoms. The Bertz CT molecular complexity index is 430. The van der Waals surface area contributed by atoms with E-state index in [0.29, 0.717) is 11.4 Å². The first-order valence-corrected chi connectivity index (χ1v) is 5.83. The minimum Gasteiger partial charge on any atom is -0.489 e. The molecular formula is C13H18N2O3. The number of nitrogens with two attached hydrogens (primary N) is 1. The lowest BCUT2D eigenvalue weighted by Gasteiger charge is -2.14. The van der Waals surface area contributed by atoms with Crippen molar-refractivity contribution in [3.05, 3.63) is 24.3 Å². The molecule has 0 heterocycles. The third-order valence-electron chi connectivity index (χ3n) is 2.12. The molecule has 5 heteroatoms. The van der Waals surface area contributed by atoms with Crippen molar-refractivity contribution in [2.75, 3.05) is 5.32 Å². The summed E-state index contributed by atoms with van der Waals surface area (Å²) in [5.41, 5.74) is 5.58. The molecule has 0 fully saturated rings. The van der Waals surface area contributed by atoms with Crippen LogP contribution in [-0.4, -0.2) is 17.9 Å². The number of carbonyl (C=O) groups is 2. The number of anilines is 1. The SMILES string of the molecule is CC(C)Oc1ccccc1NC(=O)CCC(N)=O. The van der Waals surface area contributed by atoms with E-state index in [2.05, 4.69) is 5.32 Å². The van der Waals surface area contributed by atoms with Crippen LogP contribution in [0.3, 0.4) is 0 Å². The smallest absolute Gasteiger partial charge is 0.224 e. The van der Waals surface area contributed by atoms with E-state index in [1.165, 1.54) is 0 Å². The summed E-state index contributed by atoms with van der Waals surface area (Å²) in [5.74, 6) is -0.134. The molecule has 5 nitrogen and oxygen atoms in total. The van der Waals surface area contributed by atoms with Crippen molar-refractivity contribution >= 4 is 17.5 Å². The van der Waals surface area contributed by atoms with Crippen molar-refractivity contribution in [3.8, 4) is 5.75 Å². The highest BCUT2D eigenvalue weighted by molar-refractivity contribution is 5.94. The van der Waals surface area contributed by atoms with E-state index in [1.54, 1.807) is 18.2 Å². The summed E-state index contributed by atoms with van der Waals surface area (Å²) in [7, 11) is 0. The summed E-state index contributed by atoms with van der Waals surface area (Å²) in [6.45, 7) is 3.82. The quantitative estimate of drug-likeness (QED) is 0.805. The topological polar surface area (TPSA) is 81.4 Å². The molecule has 0 atom stereocenters. The molecule has 1 aromatic carbocycles. The van der Waals surface area contributed by atoms with Crippen LogP contribution in [0, 0.1) is 0 Å². The maximum Gasteiger partial charge on any atom is 0.224 e. The number of primary amides is 1. The van der Waals surface area contributed by atoms with Gasteiger partial charge in [0.1, 0.15) is 5.75 Å². The monoisotopic (exact) mass is 250 g/mol. The maximum atomic E-state index is 11.6.